The number of aromatic hydroxyl groups is 1. The Morgan fingerprint density at radius 3 is 2.65 bits per heavy atom. The molecule has 0 atom stereocenters. The zero-order chi connectivity index (χ0) is 21.3. The summed E-state index contributed by atoms with van der Waals surface area (Å²) >= 11 is 0. The van der Waals surface area contributed by atoms with E-state index >= 15 is 0 Å². The molecule has 2 aromatic heterocycles. The average molecular weight is 421 g/mol. The molecule has 1 N–H and O–H groups in total. The highest BCUT2D eigenvalue weighted by Crippen LogP contribution is 2.18. The largest absolute Gasteiger partial charge is 0.508 e. The number of azo groups is 1. The number of nitrogens with zero attached hydrogens (tertiary/aromatic N) is 7. The van der Waals surface area contributed by atoms with Crippen LogP contribution in [0.3, 0.4) is 0 Å². The zero-order valence-electron chi connectivity index (χ0n) is 17.0. The van der Waals surface area contributed by atoms with Crippen molar-refractivity contribution in [3.63, 3.8) is 0 Å². The fourth-order valence-electron chi connectivity index (χ4n) is 2.92. The highest BCUT2D eigenvalue weighted by molar-refractivity contribution is 5.40. The van der Waals surface area contributed by atoms with Crippen LogP contribution in [0.15, 0.2) is 58.9 Å². The molecule has 10 heteroatoms. The number of aromatic nitrogens is 4. The highest BCUT2D eigenvalue weighted by atomic mass is 16.5. The van der Waals surface area contributed by atoms with Crippen LogP contribution in [-0.4, -0.2) is 58.0 Å². The Morgan fingerprint density at radius 2 is 1.87 bits per heavy atom. The Labute approximate surface area is 179 Å². The van der Waals surface area contributed by atoms with Crippen LogP contribution < -0.4 is 9.64 Å². The minimum absolute atomic E-state index is 0.178. The third-order valence-corrected chi connectivity index (χ3v) is 4.51. The van der Waals surface area contributed by atoms with Crippen molar-refractivity contribution >= 4 is 11.6 Å². The van der Waals surface area contributed by atoms with E-state index in [0.717, 1.165) is 5.69 Å². The molecule has 3 aromatic rings. The smallest absolute Gasteiger partial charge is 0.321 e. The van der Waals surface area contributed by atoms with Gasteiger partial charge >= 0.3 is 6.01 Å². The van der Waals surface area contributed by atoms with Gasteiger partial charge in [-0.05, 0) is 36.4 Å². The zero-order valence-corrected chi connectivity index (χ0v) is 17.0. The summed E-state index contributed by atoms with van der Waals surface area (Å²) in [5, 5.41) is 17.7. The van der Waals surface area contributed by atoms with Gasteiger partial charge in [0.05, 0.1) is 25.5 Å². The maximum atomic E-state index is 9.36. The number of benzene rings is 1. The van der Waals surface area contributed by atoms with E-state index in [0.29, 0.717) is 56.8 Å². The van der Waals surface area contributed by atoms with Gasteiger partial charge in [0.2, 0.25) is 5.95 Å². The number of hydrogen-bond acceptors (Lipinski definition) is 10. The van der Waals surface area contributed by atoms with Crippen LogP contribution in [-0.2, 0) is 17.7 Å². The quantitative estimate of drug-likeness (QED) is 0.552. The molecule has 10 nitrogen and oxygen atoms in total. The lowest BCUT2D eigenvalue weighted by atomic mass is 10.3. The molecule has 4 rings (SSSR count). The van der Waals surface area contributed by atoms with Crippen molar-refractivity contribution in [1.82, 2.24) is 19.9 Å². The maximum Gasteiger partial charge on any atom is 0.321 e. The van der Waals surface area contributed by atoms with Gasteiger partial charge in [-0.25, -0.2) is 0 Å². The van der Waals surface area contributed by atoms with E-state index in [4.69, 9.17) is 9.47 Å². The van der Waals surface area contributed by atoms with Gasteiger partial charge in [-0.2, -0.15) is 25.2 Å². The molecule has 0 radical (unpaired) electrons. The number of morpholine rings is 1. The summed E-state index contributed by atoms with van der Waals surface area (Å²) in [5.41, 5.74) is 1.57. The molecule has 1 fully saturated rings. The Bertz CT molecular complexity index is 994. The van der Waals surface area contributed by atoms with Crippen LogP contribution in [0.4, 0.5) is 11.6 Å². The summed E-state index contributed by atoms with van der Waals surface area (Å²) in [7, 11) is 0. The average Bonchev–Trinajstić information content (AvgIpc) is 2.82. The Balaban J connectivity index is 1.46. The molecular formula is C21H23N7O3. The van der Waals surface area contributed by atoms with Gasteiger partial charge in [0.1, 0.15) is 12.3 Å². The molecule has 3 heterocycles. The molecule has 1 aliphatic rings. The van der Waals surface area contributed by atoms with Crippen LogP contribution in [0, 0.1) is 0 Å². The molecule has 1 aromatic carbocycles. The first-order chi connectivity index (χ1) is 15.3. The first kappa shape index (κ1) is 20.6. The van der Waals surface area contributed by atoms with Crippen molar-refractivity contribution in [2.45, 2.75) is 13.0 Å². The monoisotopic (exact) mass is 421 g/mol. The fourth-order valence-corrected chi connectivity index (χ4v) is 2.92. The van der Waals surface area contributed by atoms with Crippen LogP contribution in [0.5, 0.6) is 11.8 Å². The molecule has 0 spiro atoms. The molecule has 31 heavy (non-hydrogen) atoms. The van der Waals surface area contributed by atoms with Crippen LogP contribution in [0.25, 0.3) is 0 Å². The SMILES string of the molecule is Oc1ccc(N=NCc2nc(OCCc3ccccn3)nc(N3CCOCC3)n2)cc1. The third-order valence-electron chi connectivity index (χ3n) is 4.51. The van der Waals surface area contributed by atoms with Crippen molar-refractivity contribution < 1.29 is 14.6 Å². The van der Waals surface area contributed by atoms with Gasteiger partial charge in [-0.3, -0.25) is 4.98 Å². The van der Waals surface area contributed by atoms with Gasteiger partial charge < -0.3 is 19.5 Å². The van der Waals surface area contributed by atoms with E-state index in [-0.39, 0.29) is 18.3 Å². The molecule has 0 saturated carbocycles. The standard InChI is InChI=1S/C21H23N7O3/c29-18-6-4-17(5-7-18)27-23-15-19-24-20(28-10-13-30-14-11-28)26-21(25-19)31-12-8-16-3-1-2-9-22-16/h1-7,9,29H,8,10-15H2. The second kappa shape index (κ2) is 10.4. The second-order valence-electron chi connectivity index (χ2n) is 6.77. The number of anilines is 1. The van der Waals surface area contributed by atoms with Crippen LogP contribution >= 0.6 is 0 Å². The minimum atomic E-state index is 0.178. The molecular weight excluding hydrogens is 398 g/mol. The van der Waals surface area contributed by atoms with Gasteiger partial charge in [0, 0.05) is 31.4 Å². The van der Waals surface area contributed by atoms with E-state index in [2.05, 4.69) is 30.2 Å². The van der Waals surface area contributed by atoms with Crippen LogP contribution in [0.1, 0.15) is 11.5 Å². The number of ether oxygens (including phenoxy) is 2. The molecule has 1 saturated heterocycles. The van der Waals surface area contributed by atoms with Crippen molar-refractivity contribution in [3.05, 3.63) is 60.2 Å². The molecule has 0 bridgehead atoms. The summed E-state index contributed by atoms with van der Waals surface area (Å²) in [4.78, 5) is 19.7. The summed E-state index contributed by atoms with van der Waals surface area (Å²) < 4.78 is 11.2. The Kier molecular flexibility index (Phi) is 6.91. The normalized spacial score (nSPS) is 14.1. The van der Waals surface area contributed by atoms with Gasteiger partial charge in [-0.15, -0.1) is 0 Å². The van der Waals surface area contributed by atoms with E-state index in [1.54, 1.807) is 30.5 Å². The van der Waals surface area contributed by atoms with Crippen molar-refractivity contribution in [3.8, 4) is 11.8 Å². The predicted octanol–water partition coefficient (Wildman–Crippen LogP) is 2.71. The number of rotatable bonds is 8. The summed E-state index contributed by atoms with van der Waals surface area (Å²) in [5.74, 6) is 1.19. The molecule has 0 amide bonds. The van der Waals surface area contributed by atoms with E-state index in [1.165, 1.54) is 0 Å². The highest BCUT2D eigenvalue weighted by Gasteiger charge is 2.17. The lowest BCUT2D eigenvalue weighted by Gasteiger charge is -2.26. The third kappa shape index (κ3) is 6.16. The lowest BCUT2D eigenvalue weighted by Crippen LogP contribution is -2.37. The van der Waals surface area contributed by atoms with Crippen LogP contribution in [0.2, 0.25) is 0 Å². The van der Waals surface area contributed by atoms with E-state index in [9.17, 15) is 5.11 Å². The van der Waals surface area contributed by atoms with Gasteiger partial charge in [0.15, 0.2) is 5.82 Å². The van der Waals surface area contributed by atoms with E-state index < -0.39 is 0 Å². The molecule has 160 valence electrons. The first-order valence-electron chi connectivity index (χ1n) is 10.0. The Morgan fingerprint density at radius 1 is 1.03 bits per heavy atom. The van der Waals surface area contributed by atoms with Crippen molar-refractivity contribution in [2.75, 3.05) is 37.8 Å². The lowest BCUT2D eigenvalue weighted by molar-refractivity contribution is 0.122. The second-order valence-corrected chi connectivity index (χ2v) is 6.77. The Hall–Kier alpha value is -3.66. The van der Waals surface area contributed by atoms with Gasteiger partial charge in [0.25, 0.3) is 0 Å². The predicted molar refractivity (Wildman–Crippen MR) is 113 cm³/mol. The van der Waals surface area contributed by atoms with Crippen molar-refractivity contribution in [1.29, 1.82) is 0 Å². The summed E-state index contributed by atoms with van der Waals surface area (Å²) in [6, 6.07) is 12.5. The maximum absolute atomic E-state index is 9.36. The number of phenols is 1. The first-order valence-corrected chi connectivity index (χ1v) is 10.0. The van der Waals surface area contributed by atoms with Crippen molar-refractivity contribution in [2.24, 2.45) is 10.2 Å². The number of phenolic OH excluding ortho intramolecular Hbond substituents is 1. The molecule has 0 unspecified atom stereocenters. The fraction of sp³-hybridized carbons (Fsp3) is 0.333. The van der Waals surface area contributed by atoms with E-state index in [1.807, 2.05) is 23.1 Å². The number of hydrogen-bond donors (Lipinski definition) is 1. The number of pyridine rings is 1. The summed E-state index contributed by atoms with van der Waals surface area (Å²) in [6.45, 7) is 3.22. The minimum Gasteiger partial charge on any atom is -0.508 e. The summed E-state index contributed by atoms with van der Waals surface area (Å²) in [6.07, 6.45) is 2.40. The molecule has 1 aliphatic heterocycles. The topological polar surface area (TPSA) is 118 Å². The molecule has 0 aliphatic carbocycles. The van der Waals surface area contributed by atoms with Gasteiger partial charge in [-0.1, -0.05) is 6.07 Å².